The van der Waals surface area contributed by atoms with Crippen LogP contribution >= 0.6 is 0 Å². The molecule has 106 valence electrons. The van der Waals surface area contributed by atoms with E-state index < -0.39 is 0 Å². The third-order valence-corrected chi connectivity index (χ3v) is 4.42. The van der Waals surface area contributed by atoms with Crippen molar-refractivity contribution in [2.75, 3.05) is 17.7 Å². The van der Waals surface area contributed by atoms with Crippen LogP contribution in [0.2, 0.25) is 0 Å². The molecule has 0 aliphatic heterocycles. The molecule has 0 radical (unpaired) electrons. The van der Waals surface area contributed by atoms with Crippen LogP contribution in [0, 0.1) is 12.8 Å². The van der Waals surface area contributed by atoms with Gasteiger partial charge in [0.2, 0.25) is 0 Å². The molecule has 19 heavy (non-hydrogen) atoms. The zero-order valence-corrected chi connectivity index (χ0v) is 12.6. The lowest BCUT2D eigenvalue weighted by atomic mass is 9.85. The van der Waals surface area contributed by atoms with E-state index in [4.69, 9.17) is 10.7 Å². The minimum absolute atomic E-state index is 0.575. The van der Waals surface area contributed by atoms with Crippen LogP contribution in [0.4, 0.5) is 11.6 Å². The molecule has 1 heterocycles. The summed E-state index contributed by atoms with van der Waals surface area (Å²) in [7, 11) is 2.15. The number of hydrogen-bond donors (Lipinski definition) is 1. The number of anilines is 2. The SMILES string of the molecule is CCc1nc(N)c(C)c(N(C)C2CCCCC2C)n1. The fourth-order valence-electron chi connectivity index (χ4n) is 3.10. The van der Waals surface area contributed by atoms with Gasteiger partial charge in [0.05, 0.1) is 0 Å². The lowest BCUT2D eigenvalue weighted by Crippen LogP contribution is -2.40. The van der Waals surface area contributed by atoms with Crippen molar-refractivity contribution in [3.8, 4) is 0 Å². The van der Waals surface area contributed by atoms with E-state index in [1.165, 1.54) is 25.7 Å². The van der Waals surface area contributed by atoms with Gasteiger partial charge < -0.3 is 10.6 Å². The zero-order valence-electron chi connectivity index (χ0n) is 12.6. The quantitative estimate of drug-likeness (QED) is 0.910. The molecule has 1 aromatic heterocycles. The van der Waals surface area contributed by atoms with Crippen molar-refractivity contribution in [1.29, 1.82) is 0 Å². The van der Waals surface area contributed by atoms with Crippen LogP contribution in [-0.2, 0) is 6.42 Å². The summed E-state index contributed by atoms with van der Waals surface area (Å²) in [5.74, 6) is 3.20. The lowest BCUT2D eigenvalue weighted by molar-refractivity contribution is 0.320. The third-order valence-electron chi connectivity index (χ3n) is 4.42. The van der Waals surface area contributed by atoms with Gasteiger partial charge in [0, 0.05) is 25.1 Å². The Labute approximate surface area is 116 Å². The number of aromatic nitrogens is 2. The van der Waals surface area contributed by atoms with Crippen molar-refractivity contribution in [1.82, 2.24) is 9.97 Å². The summed E-state index contributed by atoms with van der Waals surface area (Å²) in [4.78, 5) is 11.4. The molecular weight excluding hydrogens is 236 g/mol. The second kappa shape index (κ2) is 5.76. The van der Waals surface area contributed by atoms with Gasteiger partial charge in [-0.15, -0.1) is 0 Å². The van der Waals surface area contributed by atoms with E-state index in [0.29, 0.717) is 11.9 Å². The highest BCUT2D eigenvalue weighted by Gasteiger charge is 2.27. The van der Waals surface area contributed by atoms with E-state index in [1.54, 1.807) is 0 Å². The van der Waals surface area contributed by atoms with Gasteiger partial charge in [-0.05, 0) is 25.7 Å². The Morgan fingerprint density at radius 1 is 1.26 bits per heavy atom. The number of rotatable bonds is 3. The first kappa shape index (κ1) is 14.1. The first-order valence-corrected chi connectivity index (χ1v) is 7.40. The molecule has 1 fully saturated rings. The number of aryl methyl sites for hydroxylation is 1. The number of hydrogen-bond acceptors (Lipinski definition) is 4. The Morgan fingerprint density at radius 2 is 1.95 bits per heavy atom. The molecule has 2 unspecified atom stereocenters. The van der Waals surface area contributed by atoms with Crippen LogP contribution in [-0.4, -0.2) is 23.1 Å². The predicted molar refractivity (Wildman–Crippen MR) is 80.4 cm³/mol. The normalized spacial score (nSPS) is 23.4. The van der Waals surface area contributed by atoms with Crippen LogP contribution in [0.3, 0.4) is 0 Å². The van der Waals surface area contributed by atoms with Crippen molar-refractivity contribution < 1.29 is 0 Å². The Bertz CT molecular complexity index is 444. The highest BCUT2D eigenvalue weighted by atomic mass is 15.2. The Balaban J connectivity index is 2.31. The summed E-state index contributed by atoms with van der Waals surface area (Å²) in [6, 6.07) is 0.575. The molecule has 1 aromatic rings. The van der Waals surface area contributed by atoms with Crippen LogP contribution in [0.1, 0.15) is 50.9 Å². The van der Waals surface area contributed by atoms with Gasteiger partial charge in [0.15, 0.2) is 0 Å². The molecule has 1 aliphatic rings. The average molecular weight is 262 g/mol. The van der Waals surface area contributed by atoms with Gasteiger partial charge in [-0.2, -0.15) is 0 Å². The van der Waals surface area contributed by atoms with Crippen molar-refractivity contribution in [2.24, 2.45) is 5.92 Å². The zero-order chi connectivity index (χ0) is 14.0. The maximum atomic E-state index is 6.02. The second-order valence-electron chi connectivity index (χ2n) is 5.77. The highest BCUT2D eigenvalue weighted by Crippen LogP contribution is 2.31. The molecule has 0 aromatic carbocycles. The summed E-state index contributed by atoms with van der Waals surface area (Å²) < 4.78 is 0. The second-order valence-corrected chi connectivity index (χ2v) is 5.77. The van der Waals surface area contributed by atoms with Crippen molar-refractivity contribution in [3.63, 3.8) is 0 Å². The van der Waals surface area contributed by atoms with Gasteiger partial charge in [-0.3, -0.25) is 0 Å². The van der Waals surface area contributed by atoms with Crippen molar-refractivity contribution in [3.05, 3.63) is 11.4 Å². The smallest absolute Gasteiger partial charge is 0.137 e. The minimum Gasteiger partial charge on any atom is -0.383 e. The molecule has 0 spiro atoms. The summed E-state index contributed by atoms with van der Waals surface area (Å²) >= 11 is 0. The summed E-state index contributed by atoms with van der Waals surface area (Å²) in [6.45, 7) is 6.44. The molecule has 0 saturated heterocycles. The molecule has 4 heteroatoms. The fraction of sp³-hybridized carbons (Fsp3) is 0.733. The summed E-state index contributed by atoms with van der Waals surface area (Å²) in [6.07, 6.45) is 6.07. The third kappa shape index (κ3) is 2.82. The first-order valence-electron chi connectivity index (χ1n) is 7.40. The first-order chi connectivity index (χ1) is 9.04. The maximum Gasteiger partial charge on any atom is 0.137 e. The van der Waals surface area contributed by atoms with Gasteiger partial charge in [-0.1, -0.05) is 26.7 Å². The minimum atomic E-state index is 0.575. The van der Waals surface area contributed by atoms with Gasteiger partial charge in [-0.25, -0.2) is 9.97 Å². The number of nitrogens with two attached hydrogens (primary N) is 1. The van der Waals surface area contributed by atoms with Gasteiger partial charge >= 0.3 is 0 Å². The summed E-state index contributed by atoms with van der Waals surface area (Å²) in [5, 5.41) is 0. The van der Waals surface area contributed by atoms with Gasteiger partial charge in [0.25, 0.3) is 0 Å². The Kier molecular flexibility index (Phi) is 4.27. The molecular formula is C15H26N4. The van der Waals surface area contributed by atoms with Crippen molar-refractivity contribution >= 4 is 11.6 Å². The molecule has 0 bridgehead atoms. The van der Waals surface area contributed by atoms with Crippen molar-refractivity contribution in [2.45, 2.75) is 58.9 Å². The molecule has 2 N–H and O–H groups in total. The Hall–Kier alpha value is -1.32. The van der Waals surface area contributed by atoms with Crippen LogP contribution < -0.4 is 10.6 Å². The Morgan fingerprint density at radius 3 is 2.58 bits per heavy atom. The largest absolute Gasteiger partial charge is 0.383 e. The van der Waals surface area contributed by atoms with Gasteiger partial charge in [0.1, 0.15) is 17.5 Å². The monoisotopic (exact) mass is 262 g/mol. The lowest BCUT2D eigenvalue weighted by Gasteiger charge is -2.37. The summed E-state index contributed by atoms with van der Waals surface area (Å²) in [5.41, 5.74) is 7.03. The van der Waals surface area contributed by atoms with Crippen LogP contribution in [0.25, 0.3) is 0 Å². The molecule has 1 aliphatic carbocycles. The van der Waals surface area contributed by atoms with E-state index >= 15 is 0 Å². The van der Waals surface area contributed by atoms with E-state index in [2.05, 4.69) is 30.8 Å². The van der Waals surface area contributed by atoms with E-state index in [9.17, 15) is 0 Å². The standard InChI is InChI=1S/C15H26N4/c1-5-13-17-14(16)11(3)15(18-13)19(4)12-9-7-6-8-10(12)2/h10,12H,5-9H2,1-4H3,(H2,16,17,18). The molecule has 4 nitrogen and oxygen atoms in total. The maximum absolute atomic E-state index is 6.02. The van der Waals surface area contributed by atoms with E-state index in [1.807, 2.05) is 6.92 Å². The number of nitrogen functional groups attached to an aromatic ring is 1. The average Bonchev–Trinajstić information content (AvgIpc) is 2.41. The highest BCUT2D eigenvalue weighted by molar-refractivity contribution is 5.56. The fourth-order valence-corrected chi connectivity index (χ4v) is 3.10. The molecule has 2 rings (SSSR count). The topological polar surface area (TPSA) is 55.0 Å². The van der Waals surface area contributed by atoms with E-state index in [0.717, 1.165) is 29.5 Å². The molecule has 2 atom stereocenters. The predicted octanol–water partition coefficient (Wildman–Crippen LogP) is 2.94. The van der Waals surface area contributed by atoms with E-state index in [-0.39, 0.29) is 0 Å². The number of nitrogens with zero attached hydrogens (tertiary/aromatic N) is 3. The van der Waals surface area contributed by atoms with Crippen LogP contribution in [0.5, 0.6) is 0 Å². The molecule has 1 saturated carbocycles. The van der Waals surface area contributed by atoms with Crippen LogP contribution in [0.15, 0.2) is 0 Å². The molecule has 0 amide bonds.